The molecule has 1 saturated heterocycles. The van der Waals surface area contributed by atoms with E-state index >= 15 is 4.39 Å². The first-order valence-electron chi connectivity index (χ1n) is 11.7. The van der Waals surface area contributed by atoms with Gasteiger partial charge in [-0.3, -0.25) is 9.36 Å². The Labute approximate surface area is 208 Å². The van der Waals surface area contributed by atoms with Crippen molar-refractivity contribution in [2.24, 2.45) is 5.92 Å². The third-order valence-electron chi connectivity index (χ3n) is 6.36. The Hall–Kier alpha value is -3.60. The fourth-order valence-corrected chi connectivity index (χ4v) is 4.22. The molecule has 36 heavy (non-hydrogen) atoms. The van der Waals surface area contributed by atoms with Gasteiger partial charge in [0.05, 0.1) is 11.9 Å². The summed E-state index contributed by atoms with van der Waals surface area (Å²) in [6, 6.07) is 8.39. The summed E-state index contributed by atoms with van der Waals surface area (Å²) in [7, 11) is 0. The minimum atomic E-state index is -2.24. The average Bonchev–Trinajstić information content (AvgIpc) is 3.33. The van der Waals surface area contributed by atoms with Gasteiger partial charge >= 0.3 is 11.9 Å². The minimum absolute atomic E-state index is 0.336. The second-order valence-corrected chi connectivity index (χ2v) is 9.54. The van der Waals surface area contributed by atoms with Crippen molar-refractivity contribution >= 4 is 28.9 Å². The Bertz CT molecular complexity index is 1250. The first-order valence-corrected chi connectivity index (χ1v) is 11.7. The van der Waals surface area contributed by atoms with E-state index in [1.807, 2.05) is 0 Å². The number of anilines is 1. The first-order chi connectivity index (χ1) is 17.0. The normalized spacial score (nSPS) is 25.8. The van der Waals surface area contributed by atoms with Crippen LogP contribution in [0.25, 0.3) is 11.2 Å². The Morgan fingerprint density at radius 1 is 1.19 bits per heavy atom. The van der Waals surface area contributed by atoms with Crippen LogP contribution in [-0.4, -0.2) is 62.0 Å². The molecule has 4 atom stereocenters. The number of ether oxygens (including phenoxy) is 3. The van der Waals surface area contributed by atoms with Gasteiger partial charge in [-0.1, -0.05) is 32.0 Å². The van der Waals surface area contributed by atoms with Crippen LogP contribution in [0.5, 0.6) is 0 Å². The SMILES string of the molecule is CC(=O)O[C@@]1(C)[C@@H](COC(=O)c2ccccc2)O[C@H](n2cnc3c(NCC(C)C)ncnc32)[C@]1(C)F. The molecular formula is C25H30FN5O5. The van der Waals surface area contributed by atoms with E-state index in [4.69, 9.17) is 14.2 Å². The van der Waals surface area contributed by atoms with Crippen molar-refractivity contribution in [3.8, 4) is 0 Å². The van der Waals surface area contributed by atoms with Gasteiger partial charge in [0, 0.05) is 13.5 Å². The molecule has 1 aliphatic rings. The van der Waals surface area contributed by atoms with Gasteiger partial charge in [-0.15, -0.1) is 0 Å². The van der Waals surface area contributed by atoms with Gasteiger partial charge in [-0.25, -0.2) is 24.1 Å². The Morgan fingerprint density at radius 3 is 2.58 bits per heavy atom. The standard InChI is InChI=1S/C25H30FN5O5/c1-15(2)11-27-20-19-21(29-13-28-20)31(14-30-19)23-24(4,26)25(5,36-16(3)32)18(35-23)12-34-22(33)17-9-7-6-8-10-17/h6-10,13-15,18,23H,11-12H2,1-5H3,(H,27,28,29)/t18-,23+,24+,25+/m1/s1. The second-order valence-electron chi connectivity index (χ2n) is 9.54. The van der Waals surface area contributed by atoms with Crippen molar-refractivity contribution in [3.05, 3.63) is 48.5 Å². The molecule has 11 heteroatoms. The number of nitrogens with zero attached hydrogens (tertiary/aromatic N) is 4. The lowest BCUT2D eigenvalue weighted by Crippen LogP contribution is -2.55. The van der Waals surface area contributed by atoms with Gasteiger partial charge in [0.15, 0.2) is 34.5 Å². The molecule has 1 aliphatic heterocycles. The molecule has 1 N–H and O–H groups in total. The molecule has 0 spiro atoms. The molecule has 192 valence electrons. The van der Waals surface area contributed by atoms with E-state index in [1.54, 1.807) is 30.3 Å². The summed E-state index contributed by atoms with van der Waals surface area (Å²) in [6.45, 7) is 8.35. The van der Waals surface area contributed by atoms with Crippen molar-refractivity contribution in [2.75, 3.05) is 18.5 Å². The van der Waals surface area contributed by atoms with E-state index < -0.39 is 35.5 Å². The summed E-state index contributed by atoms with van der Waals surface area (Å²) in [5, 5.41) is 3.22. The van der Waals surface area contributed by atoms with Crippen molar-refractivity contribution in [2.45, 2.75) is 58.2 Å². The van der Waals surface area contributed by atoms with Crippen LogP contribution in [0.4, 0.5) is 10.2 Å². The van der Waals surface area contributed by atoms with E-state index in [1.165, 1.54) is 38.0 Å². The fraction of sp³-hybridized carbons (Fsp3) is 0.480. The van der Waals surface area contributed by atoms with Crippen LogP contribution in [0.2, 0.25) is 0 Å². The monoisotopic (exact) mass is 499 g/mol. The number of aromatic nitrogens is 4. The number of hydrogen-bond acceptors (Lipinski definition) is 9. The van der Waals surface area contributed by atoms with E-state index in [2.05, 4.69) is 34.1 Å². The van der Waals surface area contributed by atoms with Crippen molar-refractivity contribution < 1.29 is 28.2 Å². The predicted octanol–water partition coefficient (Wildman–Crippen LogP) is 3.70. The largest absolute Gasteiger partial charge is 0.459 e. The molecule has 0 aliphatic carbocycles. The van der Waals surface area contributed by atoms with Crippen molar-refractivity contribution in [1.82, 2.24) is 19.5 Å². The van der Waals surface area contributed by atoms with Crippen LogP contribution in [0.15, 0.2) is 43.0 Å². The number of imidazole rings is 1. The molecule has 0 bridgehead atoms. The van der Waals surface area contributed by atoms with Gasteiger partial charge in [0.25, 0.3) is 0 Å². The summed E-state index contributed by atoms with van der Waals surface area (Å²) < 4.78 is 35.0. The topological polar surface area (TPSA) is 117 Å². The molecule has 1 fully saturated rings. The minimum Gasteiger partial charge on any atom is -0.459 e. The zero-order chi connectivity index (χ0) is 26.1. The maximum Gasteiger partial charge on any atom is 0.338 e. The Balaban J connectivity index is 1.65. The summed E-state index contributed by atoms with van der Waals surface area (Å²) in [5.41, 5.74) is -2.89. The molecule has 3 aromatic rings. The van der Waals surface area contributed by atoms with Crippen LogP contribution < -0.4 is 5.32 Å². The molecule has 4 rings (SSSR count). The van der Waals surface area contributed by atoms with E-state index in [-0.39, 0.29) is 6.61 Å². The van der Waals surface area contributed by atoms with E-state index in [9.17, 15) is 9.59 Å². The number of benzene rings is 1. The highest BCUT2D eigenvalue weighted by atomic mass is 19.1. The van der Waals surface area contributed by atoms with Crippen LogP contribution in [0.1, 0.15) is 51.2 Å². The van der Waals surface area contributed by atoms with Crippen molar-refractivity contribution in [1.29, 1.82) is 0 Å². The van der Waals surface area contributed by atoms with Gasteiger partial charge in [-0.2, -0.15) is 0 Å². The first kappa shape index (κ1) is 25.5. The predicted molar refractivity (Wildman–Crippen MR) is 129 cm³/mol. The summed E-state index contributed by atoms with van der Waals surface area (Å²) in [4.78, 5) is 37.4. The van der Waals surface area contributed by atoms with Crippen molar-refractivity contribution in [3.63, 3.8) is 0 Å². The lowest BCUT2D eigenvalue weighted by Gasteiger charge is -2.36. The molecule has 10 nitrogen and oxygen atoms in total. The highest BCUT2D eigenvalue weighted by Crippen LogP contribution is 2.51. The summed E-state index contributed by atoms with van der Waals surface area (Å²) in [5.74, 6) is -0.409. The molecule has 1 aromatic carbocycles. The zero-order valence-corrected chi connectivity index (χ0v) is 20.9. The smallest absolute Gasteiger partial charge is 0.338 e. The van der Waals surface area contributed by atoms with Crippen LogP contribution in [0, 0.1) is 5.92 Å². The van der Waals surface area contributed by atoms with Gasteiger partial charge in [0.2, 0.25) is 0 Å². The lowest BCUT2D eigenvalue weighted by molar-refractivity contribution is -0.175. The number of carbonyl (C=O) groups is 2. The number of alkyl halides is 1. The third-order valence-corrected chi connectivity index (χ3v) is 6.36. The van der Waals surface area contributed by atoms with Crippen LogP contribution >= 0.6 is 0 Å². The van der Waals surface area contributed by atoms with Gasteiger partial charge in [0.1, 0.15) is 19.0 Å². The van der Waals surface area contributed by atoms with Gasteiger partial charge in [-0.05, 0) is 31.9 Å². The van der Waals surface area contributed by atoms with E-state index in [0.29, 0.717) is 35.0 Å². The maximum atomic E-state index is 16.6. The zero-order valence-electron chi connectivity index (χ0n) is 20.9. The summed E-state index contributed by atoms with van der Waals surface area (Å²) in [6.07, 6.45) is 0.388. The van der Waals surface area contributed by atoms with Gasteiger partial charge < -0.3 is 19.5 Å². The molecule has 0 radical (unpaired) electrons. The number of carbonyl (C=O) groups excluding carboxylic acids is 2. The highest BCUT2D eigenvalue weighted by Gasteiger charge is 2.66. The number of halogens is 1. The second kappa shape index (κ2) is 9.81. The third kappa shape index (κ3) is 4.62. The summed E-state index contributed by atoms with van der Waals surface area (Å²) >= 11 is 0. The Morgan fingerprint density at radius 2 is 1.92 bits per heavy atom. The molecule has 0 amide bonds. The maximum absolute atomic E-state index is 16.6. The number of rotatable bonds is 8. The van der Waals surface area contributed by atoms with Crippen LogP contribution in [-0.2, 0) is 19.0 Å². The average molecular weight is 500 g/mol. The Kier molecular flexibility index (Phi) is 6.94. The fourth-order valence-electron chi connectivity index (χ4n) is 4.22. The molecule has 2 aromatic heterocycles. The molecule has 0 unspecified atom stereocenters. The van der Waals surface area contributed by atoms with E-state index in [0.717, 1.165) is 0 Å². The number of esters is 2. The number of nitrogens with one attached hydrogen (secondary N) is 1. The van der Waals surface area contributed by atoms with Crippen LogP contribution in [0.3, 0.4) is 0 Å². The highest BCUT2D eigenvalue weighted by molar-refractivity contribution is 5.89. The number of hydrogen-bond donors (Lipinski definition) is 1. The molecular weight excluding hydrogens is 469 g/mol. The molecule has 0 saturated carbocycles. The lowest BCUT2D eigenvalue weighted by atomic mass is 9.84. The quantitative estimate of drug-likeness (QED) is 0.463. The molecule has 3 heterocycles. The number of fused-ring (bicyclic) bond motifs is 1.